The van der Waals surface area contributed by atoms with Gasteiger partial charge in [0.05, 0.1) is 24.8 Å². The first-order chi connectivity index (χ1) is 15.7. The Kier molecular flexibility index (Phi) is 12.0. The van der Waals surface area contributed by atoms with E-state index in [-0.39, 0.29) is 17.7 Å². The molecule has 0 radical (unpaired) electrons. The summed E-state index contributed by atoms with van der Waals surface area (Å²) in [5, 5.41) is 0. The van der Waals surface area contributed by atoms with Crippen LogP contribution >= 0.6 is 0 Å². The lowest BCUT2D eigenvalue weighted by molar-refractivity contribution is 0.0436. The molecule has 0 saturated heterocycles. The Labute approximate surface area is 192 Å². The molecule has 0 saturated carbocycles. The van der Waals surface area contributed by atoms with Crippen LogP contribution in [0.1, 0.15) is 91.0 Å². The number of ether oxygens (including phenoxy) is 3. The first kappa shape index (κ1) is 25.4. The lowest BCUT2D eigenvalue weighted by Crippen LogP contribution is -2.14. The van der Waals surface area contributed by atoms with Crippen LogP contribution in [-0.4, -0.2) is 25.7 Å². The SMILES string of the molecule is CCCCCCCCCCCOC(=O)c1ccccc1C(=O)OCc1cccc(OC)c1. The maximum Gasteiger partial charge on any atom is 0.339 e. The highest BCUT2D eigenvalue weighted by Crippen LogP contribution is 2.17. The number of hydrogen-bond acceptors (Lipinski definition) is 5. The molecule has 32 heavy (non-hydrogen) atoms. The molecule has 0 amide bonds. The average Bonchev–Trinajstić information content (AvgIpc) is 2.83. The number of esters is 2. The number of benzene rings is 2. The van der Waals surface area contributed by atoms with Crippen molar-refractivity contribution in [3.63, 3.8) is 0 Å². The van der Waals surface area contributed by atoms with Crippen LogP contribution in [-0.2, 0) is 16.1 Å². The highest BCUT2D eigenvalue weighted by molar-refractivity contribution is 6.03. The van der Waals surface area contributed by atoms with Crippen molar-refractivity contribution in [3.8, 4) is 5.75 Å². The summed E-state index contributed by atoms with van der Waals surface area (Å²) in [7, 11) is 1.58. The van der Waals surface area contributed by atoms with Gasteiger partial charge in [0.15, 0.2) is 0 Å². The van der Waals surface area contributed by atoms with E-state index in [0.29, 0.717) is 12.4 Å². The Balaban J connectivity index is 1.75. The third kappa shape index (κ3) is 9.13. The highest BCUT2D eigenvalue weighted by Gasteiger charge is 2.19. The fourth-order valence-electron chi connectivity index (χ4n) is 3.48. The number of carbonyl (C=O) groups is 2. The van der Waals surface area contributed by atoms with Crippen LogP contribution < -0.4 is 4.74 Å². The summed E-state index contributed by atoms with van der Waals surface area (Å²) in [6, 6.07) is 13.9. The second kappa shape index (κ2) is 15.1. The number of carbonyl (C=O) groups excluding carboxylic acids is 2. The Hall–Kier alpha value is -2.82. The lowest BCUT2D eigenvalue weighted by atomic mass is 10.1. The molecule has 0 spiro atoms. The monoisotopic (exact) mass is 440 g/mol. The molecule has 0 N–H and O–H groups in total. The zero-order valence-corrected chi connectivity index (χ0v) is 19.4. The van der Waals surface area contributed by atoms with Crippen molar-refractivity contribution in [2.75, 3.05) is 13.7 Å². The minimum absolute atomic E-state index is 0.0951. The number of hydrogen-bond donors (Lipinski definition) is 0. The zero-order valence-electron chi connectivity index (χ0n) is 19.4. The second-order valence-corrected chi connectivity index (χ2v) is 7.94. The summed E-state index contributed by atoms with van der Waals surface area (Å²) in [5.41, 5.74) is 1.26. The van der Waals surface area contributed by atoms with Crippen LogP contribution in [0.2, 0.25) is 0 Å². The van der Waals surface area contributed by atoms with Crippen molar-refractivity contribution in [2.24, 2.45) is 0 Å². The van der Waals surface area contributed by atoms with Crippen LogP contribution in [0.25, 0.3) is 0 Å². The summed E-state index contributed by atoms with van der Waals surface area (Å²) >= 11 is 0. The third-order valence-electron chi connectivity index (χ3n) is 5.35. The van der Waals surface area contributed by atoms with Gasteiger partial charge in [0.1, 0.15) is 12.4 Å². The summed E-state index contributed by atoms with van der Waals surface area (Å²) in [6.45, 7) is 2.69. The molecule has 2 rings (SSSR count). The number of rotatable bonds is 15. The summed E-state index contributed by atoms with van der Waals surface area (Å²) < 4.78 is 16.0. The lowest BCUT2D eigenvalue weighted by Gasteiger charge is -2.10. The van der Waals surface area contributed by atoms with Crippen molar-refractivity contribution < 1.29 is 23.8 Å². The maximum atomic E-state index is 12.6. The van der Waals surface area contributed by atoms with Crippen LogP contribution in [0.4, 0.5) is 0 Å². The molecule has 174 valence electrons. The second-order valence-electron chi connectivity index (χ2n) is 7.94. The number of methoxy groups -OCH3 is 1. The molecule has 0 unspecified atom stereocenters. The molecule has 0 heterocycles. The van der Waals surface area contributed by atoms with Gasteiger partial charge in [-0.2, -0.15) is 0 Å². The minimum Gasteiger partial charge on any atom is -0.497 e. The van der Waals surface area contributed by atoms with Gasteiger partial charge in [0.25, 0.3) is 0 Å². The van der Waals surface area contributed by atoms with Gasteiger partial charge < -0.3 is 14.2 Å². The predicted molar refractivity (Wildman–Crippen MR) is 126 cm³/mol. The van der Waals surface area contributed by atoms with Gasteiger partial charge in [-0.1, -0.05) is 82.6 Å². The van der Waals surface area contributed by atoms with Gasteiger partial charge in [-0.25, -0.2) is 9.59 Å². The Morgan fingerprint density at radius 3 is 1.94 bits per heavy atom. The molecule has 0 aliphatic rings. The first-order valence-corrected chi connectivity index (χ1v) is 11.7. The normalized spacial score (nSPS) is 10.6. The van der Waals surface area contributed by atoms with Crippen molar-refractivity contribution in [1.29, 1.82) is 0 Å². The van der Waals surface area contributed by atoms with Gasteiger partial charge >= 0.3 is 11.9 Å². The summed E-state index contributed by atoms with van der Waals surface area (Å²) in [6.07, 6.45) is 10.8. The van der Waals surface area contributed by atoms with Crippen LogP contribution in [0.3, 0.4) is 0 Å². The molecule has 0 fully saturated rings. The van der Waals surface area contributed by atoms with E-state index in [2.05, 4.69) is 6.92 Å². The number of unbranched alkanes of at least 4 members (excludes halogenated alkanes) is 8. The molecule has 0 atom stereocenters. The summed E-state index contributed by atoms with van der Waals surface area (Å²) in [5.74, 6) is -0.346. The van der Waals surface area contributed by atoms with Crippen molar-refractivity contribution in [1.82, 2.24) is 0 Å². The summed E-state index contributed by atoms with van der Waals surface area (Å²) in [4.78, 5) is 25.1. The van der Waals surface area contributed by atoms with Crippen LogP contribution in [0, 0.1) is 0 Å². The zero-order chi connectivity index (χ0) is 23.0. The Bertz CT molecular complexity index is 830. The first-order valence-electron chi connectivity index (χ1n) is 11.7. The molecular weight excluding hydrogens is 404 g/mol. The molecule has 0 bridgehead atoms. The molecule has 5 nitrogen and oxygen atoms in total. The van der Waals surface area contributed by atoms with E-state index in [1.165, 1.54) is 38.5 Å². The Morgan fingerprint density at radius 1 is 0.719 bits per heavy atom. The van der Waals surface area contributed by atoms with E-state index in [4.69, 9.17) is 14.2 Å². The van der Waals surface area contributed by atoms with Gasteiger partial charge in [-0.15, -0.1) is 0 Å². The van der Waals surface area contributed by atoms with E-state index in [0.717, 1.165) is 24.8 Å². The van der Waals surface area contributed by atoms with Crippen molar-refractivity contribution in [2.45, 2.75) is 71.3 Å². The van der Waals surface area contributed by atoms with Crippen molar-refractivity contribution in [3.05, 3.63) is 65.2 Å². The van der Waals surface area contributed by atoms with Gasteiger partial charge in [-0.3, -0.25) is 0 Å². The van der Waals surface area contributed by atoms with E-state index in [9.17, 15) is 9.59 Å². The molecule has 5 heteroatoms. The van der Waals surface area contributed by atoms with E-state index in [1.54, 1.807) is 37.4 Å². The Morgan fingerprint density at radius 2 is 1.31 bits per heavy atom. The molecule has 0 aromatic heterocycles. The predicted octanol–water partition coefficient (Wildman–Crippen LogP) is 6.74. The molecule has 2 aromatic rings. The fraction of sp³-hybridized carbons (Fsp3) is 0.481. The largest absolute Gasteiger partial charge is 0.497 e. The minimum atomic E-state index is -0.552. The molecule has 0 aliphatic heterocycles. The van der Waals surface area contributed by atoms with E-state index in [1.807, 2.05) is 18.2 Å². The van der Waals surface area contributed by atoms with Crippen molar-refractivity contribution >= 4 is 11.9 Å². The van der Waals surface area contributed by atoms with Gasteiger partial charge in [-0.05, 0) is 36.2 Å². The topological polar surface area (TPSA) is 61.8 Å². The van der Waals surface area contributed by atoms with Gasteiger partial charge in [0, 0.05) is 0 Å². The standard InChI is InChI=1S/C27H36O5/c1-3-4-5-6-7-8-9-10-13-19-31-26(28)24-17-11-12-18-25(24)27(29)32-21-22-15-14-16-23(20-22)30-2/h11-12,14-18,20H,3-10,13,19,21H2,1-2H3. The molecule has 2 aromatic carbocycles. The molecular formula is C27H36O5. The highest BCUT2D eigenvalue weighted by atomic mass is 16.5. The third-order valence-corrected chi connectivity index (χ3v) is 5.35. The maximum absolute atomic E-state index is 12.6. The smallest absolute Gasteiger partial charge is 0.339 e. The van der Waals surface area contributed by atoms with E-state index >= 15 is 0 Å². The van der Waals surface area contributed by atoms with Crippen LogP contribution in [0.15, 0.2) is 48.5 Å². The fourth-order valence-corrected chi connectivity index (χ4v) is 3.48. The quantitative estimate of drug-likeness (QED) is 0.227. The molecule has 0 aliphatic carbocycles. The average molecular weight is 441 g/mol. The van der Waals surface area contributed by atoms with Crippen LogP contribution in [0.5, 0.6) is 5.75 Å². The van der Waals surface area contributed by atoms with E-state index < -0.39 is 11.9 Å². The van der Waals surface area contributed by atoms with Gasteiger partial charge in [0.2, 0.25) is 0 Å².